The summed E-state index contributed by atoms with van der Waals surface area (Å²) in [5.41, 5.74) is 2.75. The lowest BCUT2D eigenvalue weighted by Crippen LogP contribution is -2.43. The van der Waals surface area contributed by atoms with Gasteiger partial charge in [0, 0.05) is 36.5 Å². The molecule has 3 heterocycles. The number of ketones is 1. The van der Waals surface area contributed by atoms with E-state index in [1.165, 1.54) is 4.90 Å². The zero-order valence-corrected chi connectivity index (χ0v) is 18.5. The third kappa shape index (κ3) is 4.19. The van der Waals surface area contributed by atoms with Gasteiger partial charge in [-0.05, 0) is 56.2 Å². The maximum atomic E-state index is 12.8. The molecule has 9 heteroatoms. The Morgan fingerprint density at radius 3 is 2.59 bits per heavy atom. The van der Waals surface area contributed by atoms with Crippen molar-refractivity contribution < 1.29 is 19.4 Å². The molecule has 0 saturated carbocycles. The summed E-state index contributed by atoms with van der Waals surface area (Å²) in [4.78, 5) is 41.9. The number of fused-ring (bicyclic) bond motifs is 1. The molecular weight excluding hydrogens is 434 g/mol. The van der Waals surface area contributed by atoms with Gasteiger partial charge in [-0.25, -0.2) is 14.8 Å². The minimum atomic E-state index is -0.904. The van der Waals surface area contributed by atoms with E-state index in [0.29, 0.717) is 42.3 Å². The second kappa shape index (κ2) is 8.93. The molecule has 1 saturated heterocycles. The zero-order valence-electron chi connectivity index (χ0n) is 18.5. The van der Waals surface area contributed by atoms with Crippen LogP contribution in [0.3, 0.4) is 0 Å². The van der Waals surface area contributed by atoms with Crippen LogP contribution in [0.1, 0.15) is 47.6 Å². The third-order valence-corrected chi connectivity index (χ3v) is 6.14. The predicted octanol–water partition coefficient (Wildman–Crippen LogP) is 4.62. The van der Waals surface area contributed by atoms with Crippen molar-refractivity contribution in [3.63, 3.8) is 0 Å². The lowest BCUT2D eigenvalue weighted by atomic mass is 9.89. The minimum absolute atomic E-state index is 0.0447. The Balaban J connectivity index is 1.32. The number of hydrogen-bond acceptors (Lipinski definition) is 6. The number of hydrogen-bond donors (Lipinski definition) is 2. The molecule has 1 amide bonds. The fraction of sp³-hybridized carbons (Fsp3) is 0.240. The average Bonchev–Trinajstić information content (AvgIpc) is 3.28. The molecule has 1 fully saturated rings. The number of carbonyl (C=O) groups excluding carboxylic acids is 1. The smallest absolute Gasteiger partial charge is 0.407 e. The van der Waals surface area contributed by atoms with E-state index in [-0.39, 0.29) is 23.6 Å². The van der Waals surface area contributed by atoms with E-state index in [0.717, 1.165) is 11.0 Å². The van der Waals surface area contributed by atoms with Crippen molar-refractivity contribution in [3.8, 4) is 11.6 Å². The van der Waals surface area contributed by atoms with Crippen molar-refractivity contribution in [3.05, 3.63) is 78.0 Å². The van der Waals surface area contributed by atoms with E-state index in [1.54, 1.807) is 36.7 Å². The third-order valence-electron chi connectivity index (χ3n) is 6.14. The number of likely N-dealkylation sites (tertiary alicyclic amines) is 1. The molecule has 4 aromatic rings. The van der Waals surface area contributed by atoms with E-state index < -0.39 is 6.09 Å². The van der Waals surface area contributed by atoms with E-state index in [2.05, 4.69) is 19.9 Å². The van der Waals surface area contributed by atoms with Gasteiger partial charge in [-0.2, -0.15) is 0 Å². The number of aromatic nitrogens is 4. The van der Waals surface area contributed by atoms with Crippen LogP contribution >= 0.6 is 0 Å². The molecule has 9 nitrogen and oxygen atoms in total. The van der Waals surface area contributed by atoms with Crippen LogP contribution in [0, 0.1) is 0 Å². The quantitative estimate of drug-likeness (QED) is 0.419. The molecule has 0 radical (unpaired) electrons. The van der Waals surface area contributed by atoms with Gasteiger partial charge in [-0.15, -0.1) is 0 Å². The first-order chi connectivity index (χ1) is 16.5. The number of imidazole rings is 1. The number of carboxylic acid groups (broad SMARTS) is 1. The molecule has 2 N–H and O–H groups in total. The number of amides is 1. The van der Waals surface area contributed by atoms with Gasteiger partial charge in [0.1, 0.15) is 11.4 Å². The highest BCUT2D eigenvalue weighted by Crippen LogP contribution is 2.35. The summed E-state index contributed by atoms with van der Waals surface area (Å²) in [6.45, 7) is 2.34. The molecule has 1 aliphatic rings. The van der Waals surface area contributed by atoms with Crippen molar-refractivity contribution in [2.45, 2.75) is 31.7 Å². The predicted molar refractivity (Wildman–Crippen MR) is 124 cm³/mol. The summed E-state index contributed by atoms with van der Waals surface area (Å²) in [7, 11) is 0. The highest BCUT2D eigenvalue weighted by molar-refractivity contribution is 6.08. The fourth-order valence-corrected chi connectivity index (χ4v) is 4.38. The van der Waals surface area contributed by atoms with Crippen molar-refractivity contribution >= 4 is 22.9 Å². The van der Waals surface area contributed by atoms with Gasteiger partial charge in [0.25, 0.3) is 0 Å². The number of piperidine rings is 1. The highest BCUT2D eigenvalue weighted by Gasteiger charge is 2.32. The number of benzene rings is 2. The van der Waals surface area contributed by atoms with E-state index in [9.17, 15) is 14.7 Å². The Morgan fingerprint density at radius 1 is 1.09 bits per heavy atom. The maximum absolute atomic E-state index is 12.8. The maximum Gasteiger partial charge on any atom is 0.407 e. The van der Waals surface area contributed by atoms with Crippen molar-refractivity contribution in [1.82, 2.24) is 24.8 Å². The number of nitrogens with one attached hydrogen (secondary N) is 1. The standard InChI is InChI=1S/C25H23N5O4/c1-15-14-17(10-13-30(15)25(32)33)21-24(27-12-11-26-21)34-18-8-6-16(7-9-18)22(31)23-28-19-4-2-3-5-20(19)29-23/h2-9,11-12,15,17H,10,13-14H2,1H3,(H,28,29)(H,32,33). The van der Waals surface area contributed by atoms with Crippen molar-refractivity contribution in [1.29, 1.82) is 0 Å². The normalized spacial score (nSPS) is 18.1. The number of nitrogens with zero attached hydrogens (tertiary/aromatic N) is 4. The molecule has 172 valence electrons. The number of para-hydroxylation sites is 2. The number of H-pyrrole nitrogens is 1. The molecule has 2 atom stereocenters. The van der Waals surface area contributed by atoms with Crippen LogP contribution in [-0.4, -0.2) is 54.4 Å². The average molecular weight is 457 g/mol. The van der Waals surface area contributed by atoms with Crippen molar-refractivity contribution in [2.75, 3.05) is 6.54 Å². The number of ether oxygens (including phenoxy) is 1. The van der Waals surface area contributed by atoms with Gasteiger partial charge in [-0.1, -0.05) is 12.1 Å². The summed E-state index contributed by atoms with van der Waals surface area (Å²) < 4.78 is 6.02. The first-order valence-corrected chi connectivity index (χ1v) is 11.1. The molecule has 0 spiro atoms. The summed E-state index contributed by atoms with van der Waals surface area (Å²) in [6.07, 6.45) is 3.57. The second-order valence-electron chi connectivity index (χ2n) is 8.35. The lowest BCUT2D eigenvalue weighted by Gasteiger charge is -2.35. The Kier molecular flexibility index (Phi) is 5.67. The van der Waals surface area contributed by atoms with Gasteiger partial charge in [0.15, 0.2) is 5.82 Å². The lowest BCUT2D eigenvalue weighted by molar-refractivity contribution is 0.102. The van der Waals surface area contributed by atoms with Crippen LogP contribution in [0.2, 0.25) is 0 Å². The zero-order chi connectivity index (χ0) is 23.7. The minimum Gasteiger partial charge on any atom is -0.465 e. The Bertz CT molecular complexity index is 1320. The van der Waals surface area contributed by atoms with Gasteiger partial charge in [0.2, 0.25) is 11.7 Å². The highest BCUT2D eigenvalue weighted by atomic mass is 16.5. The molecule has 2 unspecified atom stereocenters. The molecule has 2 aromatic heterocycles. The second-order valence-corrected chi connectivity index (χ2v) is 8.35. The van der Waals surface area contributed by atoms with Crippen LogP contribution in [0.4, 0.5) is 4.79 Å². The number of aromatic amines is 1. The van der Waals surface area contributed by atoms with Crippen LogP contribution in [0.15, 0.2) is 60.9 Å². The SMILES string of the molecule is CC1CC(c2nccnc2Oc2ccc(C(=O)c3nc4ccccc4[nH]3)cc2)CCN1C(=O)O. The Labute approximate surface area is 195 Å². The molecule has 5 rings (SSSR count). The van der Waals surface area contributed by atoms with Crippen LogP contribution in [0.5, 0.6) is 11.6 Å². The molecule has 1 aliphatic heterocycles. The number of carbonyl (C=O) groups is 2. The molecule has 0 bridgehead atoms. The first kappa shape index (κ1) is 21.6. The molecular formula is C25H23N5O4. The largest absolute Gasteiger partial charge is 0.465 e. The Hall–Kier alpha value is -4.27. The molecule has 2 aromatic carbocycles. The summed E-state index contributed by atoms with van der Waals surface area (Å²) in [5, 5.41) is 9.33. The van der Waals surface area contributed by atoms with Crippen LogP contribution < -0.4 is 4.74 Å². The van der Waals surface area contributed by atoms with Gasteiger partial charge in [-0.3, -0.25) is 9.78 Å². The summed E-state index contributed by atoms with van der Waals surface area (Å²) >= 11 is 0. The fourth-order valence-electron chi connectivity index (χ4n) is 4.38. The summed E-state index contributed by atoms with van der Waals surface area (Å²) in [6, 6.07) is 14.2. The van der Waals surface area contributed by atoms with E-state index in [1.807, 2.05) is 31.2 Å². The van der Waals surface area contributed by atoms with E-state index >= 15 is 0 Å². The van der Waals surface area contributed by atoms with Crippen molar-refractivity contribution in [2.24, 2.45) is 0 Å². The van der Waals surface area contributed by atoms with Gasteiger partial charge >= 0.3 is 6.09 Å². The topological polar surface area (TPSA) is 121 Å². The monoisotopic (exact) mass is 457 g/mol. The summed E-state index contributed by atoms with van der Waals surface area (Å²) in [5.74, 6) is 1.04. The van der Waals surface area contributed by atoms with E-state index in [4.69, 9.17) is 4.74 Å². The molecule has 0 aliphatic carbocycles. The van der Waals surface area contributed by atoms with Gasteiger partial charge in [0.05, 0.1) is 11.0 Å². The van der Waals surface area contributed by atoms with Crippen LogP contribution in [-0.2, 0) is 0 Å². The molecule has 34 heavy (non-hydrogen) atoms. The van der Waals surface area contributed by atoms with Gasteiger partial charge < -0.3 is 19.7 Å². The number of rotatable bonds is 5. The Morgan fingerprint density at radius 2 is 1.85 bits per heavy atom. The van der Waals surface area contributed by atoms with Crippen LogP contribution in [0.25, 0.3) is 11.0 Å². The first-order valence-electron chi connectivity index (χ1n) is 11.1.